The molecule has 6 heteroatoms. The van der Waals surface area contributed by atoms with Crippen LogP contribution in [0.15, 0.2) is 24.4 Å². The molecule has 0 saturated heterocycles. The van der Waals surface area contributed by atoms with E-state index >= 15 is 0 Å². The number of rotatable bonds is 3. The van der Waals surface area contributed by atoms with Crippen molar-refractivity contribution in [1.82, 2.24) is 9.88 Å². The van der Waals surface area contributed by atoms with Crippen LogP contribution in [0.2, 0.25) is 0 Å². The monoisotopic (exact) mass is 347 g/mol. The van der Waals surface area contributed by atoms with Crippen LogP contribution in [0.4, 0.5) is 5.69 Å². The minimum absolute atomic E-state index is 0. The molecule has 1 N–H and O–H groups in total. The summed E-state index contributed by atoms with van der Waals surface area (Å²) in [6, 6.07) is 5.13. The molecule has 0 spiro atoms. The van der Waals surface area contributed by atoms with Crippen molar-refractivity contribution in [1.29, 1.82) is 0 Å². The third-order valence-corrected chi connectivity index (χ3v) is 2.46. The van der Waals surface area contributed by atoms with Crippen LogP contribution in [0.1, 0.15) is 5.56 Å². The van der Waals surface area contributed by atoms with Gasteiger partial charge in [-0.05, 0) is 19.7 Å². The zero-order valence-electron chi connectivity index (χ0n) is 9.64. The van der Waals surface area contributed by atoms with Crippen LogP contribution in [-0.4, -0.2) is 28.9 Å². The van der Waals surface area contributed by atoms with Gasteiger partial charge < -0.3 is 9.88 Å². The lowest BCUT2D eigenvalue weighted by Gasteiger charge is -2.07. The maximum Gasteiger partial charge on any atom is 0.293 e. The van der Waals surface area contributed by atoms with Gasteiger partial charge in [-0.1, -0.05) is 12.1 Å². The van der Waals surface area contributed by atoms with Crippen molar-refractivity contribution in [3.63, 3.8) is 0 Å². The van der Waals surface area contributed by atoms with Crippen molar-refractivity contribution in [2.45, 2.75) is 6.54 Å². The van der Waals surface area contributed by atoms with E-state index in [4.69, 9.17) is 0 Å². The number of nitrogens with one attached hydrogen (secondary N) is 1. The summed E-state index contributed by atoms with van der Waals surface area (Å²) in [7, 11) is 3.94. The first-order valence-corrected chi connectivity index (χ1v) is 4.97. The van der Waals surface area contributed by atoms with E-state index in [-0.39, 0.29) is 34.6 Å². The summed E-state index contributed by atoms with van der Waals surface area (Å²) in [5, 5.41) is 11.7. The van der Waals surface area contributed by atoms with Gasteiger partial charge in [-0.15, -0.1) is 24.0 Å². The third kappa shape index (κ3) is 2.75. The van der Waals surface area contributed by atoms with Gasteiger partial charge in [0.15, 0.2) is 0 Å². The quantitative estimate of drug-likeness (QED) is 0.528. The number of fused-ring (bicyclic) bond motifs is 1. The summed E-state index contributed by atoms with van der Waals surface area (Å²) < 4.78 is 0. The molecule has 5 nitrogen and oxygen atoms in total. The third-order valence-electron chi connectivity index (χ3n) is 2.46. The topological polar surface area (TPSA) is 62.2 Å². The van der Waals surface area contributed by atoms with Crippen LogP contribution >= 0.6 is 24.0 Å². The molecule has 0 aliphatic rings. The molecule has 0 bridgehead atoms. The number of hydrogen-bond donors (Lipinski definition) is 1. The Labute approximate surface area is 116 Å². The van der Waals surface area contributed by atoms with Crippen molar-refractivity contribution in [3.8, 4) is 0 Å². The number of para-hydroxylation sites is 1. The average Bonchev–Trinajstić information content (AvgIpc) is 2.60. The molecule has 0 aliphatic heterocycles. The van der Waals surface area contributed by atoms with Crippen molar-refractivity contribution < 1.29 is 4.92 Å². The van der Waals surface area contributed by atoms with Gasteiger partial charge in [0.2, 0.25) is 0 Å². The Bertz CT molecular complexity index is 536. The van der Waals surface area contributed by atoms with Gasteiger partial charge >= 0.3 is 0 Å². The van der Waals surface area contributed by atoms with E-state index in [1.807, 2.05) is 31.3 Å². The molecule has 1 aromatic heterocycles. The lowest BCUT2D eigenvalue weighted by molar-refractivity contribution is -0.383. The summed E-state index contributed by atoms with van der Waals surface area (Å²) in [6.45, 7) is 0.765. The number of H-pyrrole nitrogens is 1. The van der Waals surface area contributed by atoms with Gasteiger partial charge in [0.05, 0.1) is 4.92 Å². The molecule has 0 unspecified atom stereocenters. The molecule has 1 heterocycles. The fourth-order valence-electron chi connectivity index (χ4n) is 1.82. The fourth-order valence-corrected chi connectivity index (χ4v) is 1.82. The van der Waals surface area contributed by atoms with E-state index in [9.17, 15) is 10.1 Å². The highest BCUT2D eigenvalue weighted by molar-refractivity contribution is 14.0. The van der Waals surface area contributed by atoms with Crippen molar-refractivity contribution in [2.24, 2.45) is 0 Å². The minimum atomic E-state index is -0.363. The molecule has 0 aliphatic carbocycles. The van der Waals surface area contributed by atoms with E-state index in [1.165, 1.54) is 6.07 Å². The Balaban J connectivity index is 0.00000144. The number of nitro groups is 1. The Kier molecular flexibility index (Phi) is 4.47. The second kappa shape index (κ2) is 5.46. The van der Waals surface area contributed by atoms with Crippen molar-refractivity contribution in [3.05, 3.63) is 40.1 Å². The van der Waals surface area contributed by atoms with E-state index in [2.05, 4.69) is 4.98 Å². The van der Waals surface area contributed by atoms with Crippen LogP contribution in [-0.2, 0) is 6.54 Å². The molecule has 0 fully saturated rings. The summed E-state index contributed by atoms with van der Waals surface area (Å²) >= 11 is 0. The van der Waals surface area contributed by atoms with Crippen LogP contribution < -0.4 is 0 Å². The second-order valence-electron chi connectivity index (χ2n) is 4.01. The molecular weight excluding hydrogens is 333 g/mol. The summed E-state index contributed by atoms with van der Waals surface area (Å²) in [5.41, 5.74) is 1.80. The van der Waals surface area contributed by atoms with E-state index in [0.717, 1.165) is 17.5 Å². The normalized spacial score (nSPS) is 10.5. The van der Waals surface area contributed by atoms with Crippen LogP contribution in [0, 0.1) is 10.1 Å². The number of nitrogens with zero attached hydrogens (tertiary/aromatic N) is 2. The lowest BCUT2D eigenvalue weighted by atomic mass is 10.1. The number of halogens is 1. The van der Waals surface area contributed by atoms with Crippen LogP contribution in [0.3, 0.4) is 0 Å². The fraction of sp³-hybridized carbons (Fsp3) is 0.273. The largest absolute Gasteiger partial charge is 0.355 e. The van der Waals surface area contributed by atoms with Crippen LogP contribution in [0.5, 0.6) is 0 Å². The van der Waals surface area contributed by atoms with E-state index in [0.29, 0.717) is 5.52 Å². The zero-order valence-corrected chi connectivity index (χ0v) is 12.0. The first-order chi connectivity index (χ1) is 7.59. The smallest absolute Gasteiger partial charge is 0.293 e. The van der Waals surface area contributed by atoms with Crippen LogP contribution in [0.25, 0.3) is 10.9 Å². The van der Waals surface area contributed by atoms with Gasteiger partial charge in [0.25, 0.3) is 5.69 Å². The molecule has 92 valence electrons. The molecule has 0 amide bonds. The number of benzene rings is 1. The van der Waals surface area contributed by atoms with Gasteiger partial charge in [0.1, 0.15) is 5.52 Å². The standard InChI is InChI=1S/C11H13N3O2.HI/c1-13(2)7-8-6-12-11-9(8)4-3-5-10(11)14(15)16;/h3-6,12H,7H2,1-2H3;1H. The van der Waals surface area contributed by atoms with Gasteiger partial charge in [-0.2, -0.15) is 0 Å². The Morgan fingerprint density at radius 2 is 2.12 bits per heavy atom. The van der Waals surface area contributed by atoms with Gasteiger partial charge in [0, 0.05) is 24.2 Å². The van der Waals surface area contributed by atoms with E-state index < -0.39 is 0 Å². The predicted octanol–water partition coefficient (Wildman–Crippen LogP) is 2.76. The molecule has 0 atom stereocenters. The molecule has 0 radical (unpaired) electrons. The Morgan fingerprint density at radius 3 is 2.71 bits per heavy atom. The molecule has 1 aromatic carbocycles. The first kappa shape index (κ1) is 13.9. The predicted molar refractivity (Wildman–Crippen MR) is 77.8 cm³/mol. The van der Waals surface area contributed by atoms with E-state index in [1.54, 1.807) is 6.07 Å². The number of nitro benzene ring substituents is 1. The average molecular weight is 347 g/mol. The minimum Gasteiger partial charge on any atom is -0.355 e. The number of hydrogen-bond acceptors (Lipinski definition) is 3. The maximum atomic E-state index is 10.8. The molecule has 17 heavy (non-hydrogen) atoms. The number of non-ortho nitro benzene ring substituents is 1. The SMILES string of the molecule is CN(C)Cc1c[nH]c2c([N+](=O)[O-])cccc12.I. The summed E-state index contributed by atoms with van der Waals surface area (Å²) in [4.78, 5) is 15.5. The molecule has 0 saturated carbocycles. The highest BCUT2D eigenvalue weighted by Crippen LogP contribution is 2.27. The second-order valence-corrected chi connectivity index (χ2v) is 4.01. The van der Waals surface area contributed by atoms with Crippen molar-refractivity contribution in [2.75, 3.05) is 14.1 Å². The number of aromatic amines is 1. The highest BCUT2D eigenvalue weighted by Gasteiger charge is 2.14. The number of aromatic nitrogens is 1. The van der Waals surface area contributed by atoms with Crippen molar-refractivity contribution >= 4 is 40.6 Å². The lowest BCUT2D eigenvalue weighted by Crippen LogP contribution is -2.10. The Hall–Kier alpha value is -1.15. The van der Waals surface area contributed by atoms with Gasteiger partial charge in [-0.3, -0.25) is 10.1 Å². The molecule has 2 rings (SSSR count). The molecule has 2 aromatic rings. The highest BCUT2D eigenvalue weighted by atomic mass is 127. The summed E-state index contributed by atoms with van der Waals surface area (Å²) in [6.07, 6.45) is 1.83. The Morgan fingerprint density at radius 1 is 1.41 bits per heavy atom. The maximum absolute atomic E-state index is 10.8. The summed E-state index contributed by atoms with van der Waals surface area (Å²) in [5.74, 6) is 0. The molecular formula is C11H14IN3O2. The first-order valence-electron chi connectivity index (χ1n) is 4.97. The zero-order chi connectivity index (χ0) is 11.7. The van der Waals surface area contributed by atoms with Gasteiger partial charge in [-0.25, -0.2) is 0 Å².